The Kier molecular flexibility index (Phi) is 7.04. The van der Waals surface area contributed by atoms with Gasteiger partial charge < -0.3 is 10.1 Å². The van der Waals surface area contributed by atoms with Crippen LogP contribution in [0.25, 0.3) is 10.8 Å². The molecule has 1 aliphatic rings. The molecule has 0 aliphatic heterocycles. The minimum absolute atomic E-state index is 0.0482. The third-order valence-electron chi connectivity index (χ3n) is 5.34. The van der Waals surface area contributed by atoms with E-state index in [4.69, 9.17) is 4.74 Å². The van der Waals surface area contributed by atoms with Crippen molar-refractivity contribution in [3.63, 3.8) is 0 Å². The molecule has 3 rings (SSSR count). The Balaban J connectivity index is 1.71. The fourth-order valence-electron chi connectivity index (χ4n) is 3.66. The van der Waals surface area contributed by atoms with Gasteiger partial charge in [-0.2, -0.15) is 5.10 Å². The molecule has 0 radical (unpaired) electrons. The highest BCUT2D eigenvalue weighted by atomic mass is 16.5. The van der Waals surface area contributed by atoms with Crippen molar-refractivity contribution in [3.05, 3.63) is 40.3 Å². The number of rotatable bonds is 5. The molecule has 2 N–H and O–H groups in total. The van der Waals surface area contributed by atoms with Crippen LogP contribution in [-0.2, 0) is 9.53 Å². The van der Waals surface area contributed by atoms with E-state index in [0.717, 1.165) is 32.1 Å². The lowest BCUT2D eigenvalue weighted by molar-refractivity contribution is -0.127. The number of urea groups is 1. The zero-order valence-electron chi connectivity index (χ0n) is 18.0. The Hall–Kier alpha value is -3.23. The number of ether oxygens (including phenoxy) is 1. The molecular formula is C22H28N4O5. The van der Waals surface area contributed by atoms with Crippen LogP contribution in [0.5, 0.6) is 0 Å². The predicted molar refractivity (Wildman–Crippen MR) is 115 cm³/mol. The van der Waals surface area contributed by atoms with Crippen LogP contribution in [0.4, 0.5) is 4.79 Å². The number of benzene rings is 1. The number of hydrogen-bond donors (Lipinski definition) is 2. The largest absolute Gasteiger partial charge is 0.448 e. The van der Waals surface area contributed by atoms with Crippen LogP contribution in [0, 0.1) is 0 Å². The van der Waals surface area contributed by atoms with Gasteiger partial charge in [0.2, 0.25) is 0 Å². The molecule has 9 nitrogen and oxygen atoms in total. The van der Waals surface area contributed by atoms with Gasteiger partial charge in [0.25, 0.3) is 11.5 Å². The van der Waals surface area contributed by atoms with Crippen molar-refractivity contribution in [1.29, 1.82) is 0 Å². The topological polar surface area (TPSA) is 119 Å². The Bertz CT molecular complexity index is 1040. The highest BCUT2D eigenvalue weighted by Crippen LogP contribution is 2.18. The van der Waals surface area contributed by atoms with Crippen LogP contribution in [0.2, 0.25) is 0 Å². The molecule has 1 aliphatic carbocycles. The zero-order valence-corrected chi connectivity index (χ0v) is 18.0. The maximum Gasteiger partial charge on any atom is 0.360 e. The minimum Gasteiger partial charge on any atom is -0.448 e. The second-order valence-electron chi connectivity index (χ2n) is 8.08. The third-order valence-corrected chi connectivity index (χ3v) is 5.34. The van der Waals surface area contributed by atoms with E-state index >= 15 is 0 Å². The van der Waals surface area contributed by atoms with E-state index in [-0.39, 0.29) is 23.3 Å². The van der Waals surface area contributed by atoms with Gasteiger partial charge in [0.1, 0.15) is 0 Å². The molecule has 3 amide bonds. The molecule has 0 spiro atoms. The first kappa shape index (κ1) is 22.5. The van der Waals surface area contributed by atoms with Gasteiger partial charge >= 0.3 is 12.0 Å². The van der Waals surface area contributed by atoms with Crippen LogP contribution >= 0.6 is 0 Å². The molecule has 31 heavy (non-hydrogen) atoms. The van der Waals surface area contributed by atoms with E-state index in [2.05, 4.69) is 15.7 Å². The normalized spacial score (nSPS) is 15.5. The number of fused-ring (bicyclic) bond motifs is 1. The number of aromatic nitrogens is 2. The molecule has 166 valence electrons. The number of carbonyl (C=O) groups excluding carboxylic acids is 3. The van der Waals surface area contributed by atoms with Gasteiger partial charge in [-0.15, -0.1) is 0 Å². The Morgan fingerprint density at radius 3 is 2.35 bits per heavy atom. The van der Waals surface area contributed by atoms with Crippen molar-refractivity contribution < 1.29 is 19.1 Å². The number of imide groups is 1. The molecule has 1 saturated carbocycles. The maximum absolute atomic E-state index is 12.8. The molecule has 1 fully saturated rings. The van der Waals surface area contributed by atoms with Gasteiger partial charge in [0.15, 0.2) is 11.8 Å². The highest BCUT2D eigenvalue weighted by Gasteiger charge is 2.25. The summed E-state index contributed by atoms with van der Waals surface area (Å²) in [5, 5.41) is 9.85. The van der Waals surface area contributed by atoms with Crippen LogP contribution in [-0.4, -0.2) is 39.8 Å². The summed E-state index contributed by atoms with van der Waals surface area (Å²) in [6, 6.07) is 5.78. The van der Waals surface area contributed by atoms with Crippen LogP contribution in [0.1, 0.15) is 69.4 Å². The number of carbonyl (C=O) groups is 3. The van der Waals surface area contributed by atoms with Crippen molar-refractivity contribution >= 4 is 28.7 Å². The molecule has 1 heterocycles. The van der Waals surface area contributed by atoms with Crippen molar-refractivity contribution in [2.75, 3.05) is 0 Å². The lowest BCUT2D eigenvalue weighted by Gasteiger charge is -2.23. The van der Waals surface area contributed by atoms with Crippen LogP contribution in [0.15, 0.2) is 29.1 Å². The van der Waals surface area contributed by atoms with Gasteiger partial charge in [-0.05, 0) is 39.7 Å². The summed E-state index contributed by atoms with van der Waals surface area (Å²) in [4.78, 5) is 49.8. The molecule has 1 aromatic heterocycles. The number of nitrogens with one attached hydrogen (secondary N) is 2. The number of hydrogen-bond acceptors (Lipinski definition) is 6. The first-order chi connectivity index (χ1) is 14.8. The second-order valence-corrected chi connectivity index (χ2v) is 8.08. The fraction of sp³-hybridized carbons (Fsp3) is 0.500. The Morgan fingerprint density at radius 1 is 1.06 bits per heavy atom. The molecule has 1 unspecified atom stereocenters. The summed E-state index contributed by atoms with van der Waals surface area (Å²) in [7, 11) is 0. The van der Waals surface area contributed by atoms with Crippen LogP contribution < -0.4 is 16.2 Å². The summed E-state index contributed by atoms with van der Waals surface area (Å²) in [6.45, 7) is 4.93. The van der Waals surface area contributed by atoms with Crippen molar-refractivity contribution in [2.45, 2.75) is 71.1 Å². The smallest absolute Gasteiger partial charge is 0.360 e. The molecule has 0 bridgehead atoms. The molecule has 1 atom stereocenters. The summed E-state index contributed by atoms with van der Waals surface area (Å²) in [5.74, 6) is -1.58. The van der Waals surface area contributed by atoms with Gasteiger partial charge in [0, 0.05) is 11.4 Å². The van der Waals surface area contributed by atoms with E-state index in [1.807, 2.05) is 0 Å². The summed E-state index contributed by atoms with van der Waals surface area (Å²) >= 11 is 0. The van der Waals surface area contributed by atoms with Crippen molar-refractivity contribution in [1.82, 2.24) is 20.4 Å². The molecule has 1 aromatic carbocycles. The standard InChI is InChI=1S/C22H28N4O5/c1-13(2)26-20(28)17-12-8-7-11-16(17)18(25-26)21(29)31-14(3)19(27)24-22(30)23-15-9-5-4-6-10-15/h7-8,11-15H,4-6,9-10H2,1-3H3,(H2,23,24,27,30). The summed E-state index contributed by atoms with van der Waals surface area (Å²) in [5.41, 5.74) is -0.373. The molecule has 0 saturated heterocycles. The first-order valence-electron chi connectivity index (χ1n) is 10.6. The first-order valence-corrected chi connectivity index (χ1v) is 10.6. The number of amides is 3. The van der Waals surface area contributed by atoms with Gasteiger partial charge in [-0.25, -0.2) is 14.3 Å². The van der Waals surface area contributed by atoms with Crippen LogP contribution in [0.3, 0.4) is 0 Å². The zero-order chi connectivity index (χ0) is 22.5. The third kappa shape index (κ3) is 5.28. The molecule has 2 aromatic rings. The Labute approximate surface area is 180 Å². The molecule has 9 heteroatoms. The van der Waals surface area contributed by atoms with E-state index in [1.54, 1.807) is 38.1 Å². The van der Waals surface area contributed by atoms with E-state index in [9.17, 15) is 19.2 Å². The van der Waals surface area contributed by atoms with Gasteiger partial charge in [-0.3, -0.25) is 14.9 Å². The average Bonchev–Trinajstić information content (AvgIpc) is 2.74. The SMILES string of the molecule is CC(OC(=O)c1nn(C(C)C)c(=O)c2ccccc12)C(=O)NC(=O)NC1CCCCC1. The van der Waals surface area contributed by atoms with Crippen molar-refractivity contribution in [2.24, 2.45) is 0 Å². The van der Waals surface area contributed by atoms with Gasteiger partial charge in [-0.1, -0.05) is 37.5 Å². The van der Waals surface area contributed by atoms with E-state index < -0.39 is 24.0 Å². The van der Waals surface area contributed by atoms with Gasteiger partial charge in [0.05, 0.1) is 11.4 Å². The minimum atomic E-state index is -1.22. The number of nitrogens with zero attached hydrogens (tertiary/aromatic N) is 2. The van der Waals surface area contributed by atoms with E-state index in [0.29, 0.717) is 10.8 Å². The summed E-state index contributed by atoms with van der Waals surface area (Å²) < 4.78 is 6.47. The van der Waals surface area contributed by atoms with E-state index in [1.165, 1.54) is 11.6 Å². The second kappa shape index (κ2) is 9.72. The predicted octanol–water partition coefficient (Wildman–Crippen LogP) is 2.68. The lowest BCUT2D eigenvalue weighted by atomic mass is 9.96. The molecular weight excluding hydrogens is 400 g/mol. The monoisotopic (exact) mass is 428 g/mol. The lowest BCUT2D eigenvalue weighted by Crippen LogP contribution is -2.48. The maximum atomic E-state index is 12.8. The average molecular weight is 428 g/mol. The highest BCUT2D eigenvalue weighted by molar-refractivity contribution is 6.03. The fourth-order valence-corrected chi connectivity index (χ4v) is 3.66. The summed E-state index contributed by atoms with van der Waals surface area (Å²) in [6.07, 6.45) is 3.80. The van der Waals surface area contributed by atoms with Crippen molar-refractivity contribution in [3.8, 4) is 0 Å². The quantitative estimate of drug-likeness (QED) is 0.707. The number of esters is 1. The Morgan fingerprint density at radius 2 is 1.71 bits per heavy atom.